The van der Waals surface area contributed by atoms with Crippen LogP contribution in [0, 0.1) is 0 Å². The molecule has 2 amide bonds. The number of sulfonamides is 1. The van der Waals surface area contributed by atoms with Crippen LogP contribution in [0.25, 0.3) is 0 Å². The van der Waals surface area contributed by atoms with E-state index in [0.29, 0.717) is 24.9 Å². The Morgan fingerprint density at radius 3 is 2.00 bits per heavy atom. The first-order valence-corrected chi connectivity index (χ1v) is 10.9. The van der Waals surface area contributed by atoms with E-state index in [0.717, 1.165) is 0 Å². The van der Waals surface area contributed by atoms with Gasteiger partial charge in [0.25, 0.3) is 5.91 Å². The minimum atomic E-state index is -3.83. The molecule has 0 spiro atoms. The first kappa shape index (κ1) is 22.4. The zero-order chi connectivity index (χ0) is 21.3. The maximum atomic E-state index is 13.1. The predicted octanol–water partition coefficient (Wildman–Crippen LogP) is 2.28. The molecule has 156 valence electrons. The molecular weight excluding hydrogens is 378 g/mol. The fourth-order valence-corrected chi connectivity index (χ4v) is 4.73. The first-order chi connectivity index (χ1) is 12.7. The third kappa shape index (κ3) is 5.54. The molecule has 1 saturated heterocycles. The minimum absolute atomic E-state index is 0.0790. The molecule has 0 aliphatic carbocycles. The molecule has 1 aromatic rings. The van der Waals surface area contributed by atoms with Crippen molar-refractivity contribution in [1.82, 2.24) is 14.9 Å². The Balaban J connectivity index is 2.21. The standard InChI is InChI=1S/C20H31N3O4S/c1-19(2,3)21-17(24)14-9-11-15(12-10-14)28(26,27)23-13-7-8-16(23)18(25)22-20(4,5)6/h9-12,16H,7-8,13H2,1-6H3,(H,21,24)(H,22,25)/t16-/m1/s1. The number of carbonyl (C=O) groups excluding carboxylic acids is 2. The third-order valence-corrected chi connectivity index (χ3v) is 6.14. The topological polar surface area (TPSA) is 95.6 Å². The van der Waals surface area contributed by atoms with E-state index in [4.69, 9.17) is 0 Å². The molecule has 1 aliphatic rings. The van der Waals surface area contributed by atoms with Crippen molar-refractivity contribution in [2.45, 2.75) is 76.4 Å². The lowest BCUT2D eigenvalue weighted by molar-refractivity contribution is -0.125. The highest BCUT2D eigenvalue weighted by Gasteiger charge is 2.40. The molecule has 0 saturated carbocycles. The molecule has 0 aromatic heterocycles. The zero-order valence-corrected chi connectivity index (χ0v) is 18.3. The largest absolute Gasteiger partial charge is 0.350 e. The summed E-state index contributed by atoms with van der Waals surface area (Å²) in [5, 5.41) is 5.70. The Hall–Kier alpha value is -1.93. The number of hydrogen-bond acceptors (Lipinski definition) is 4. The van der Waals surface area contributed by atoms with E-state index in [1.165, 1.54) is 28.6 Å². The van der Waals surface area contributed by atoms with Crippen molar-refractivity contribution in [1.29, 1.82) is 0 Å². The van der Waals surface area contributed by atoms with E-state index in [9.17, 15) is 18.0 Å². The summed E-state index contributed by atoms with van der Waals surface area (Å²) in [6.45, 7) is 11.5. The Bertz CT molecular complexity index is 834. The molecular formula is C20H31N3O4S. The highest BCUT2D eigenvalue weighted by molar-refractivity contribution is 7.89. The fourth-order valence-electron chi connectivity index (χ4n) is 3.07. The summed E-state index contributed by atoms with van der Waals surface area (Å²) in [4.78, 5) is 24.9. The van der Waals surface area contributed by atoms with Crippen molar-refractivity contribution in [3.05, 3.63) is 29.8 Å². The van der Waals surface area contributed by atoms with Crippen LogP contribution >= 0.6 is 0 Å². The monoisotopic (exact) mass is 409 g/mol. The van der Waals surface area contributed by atoms with Gasteiger partial charge < -0.3 is 10.6 Å². The molecule has 28 heavy (non-hydrogen) atoms. The molecule has 1 atom stereocenters. The minimum Gasteiger partial charge on any atom is -0.350 e. The number of benzene rings is 1. The van der Waals surface area contributed by atoms with Gasteiger partial charge in [0, 0.05) is 23.2 Å². The van der Waals surface area contributed by atoms with Gasteiger partial charge in [-0.15, -0.1) is 0 Å². The van der Waals surface area contributed by atoms with Gasteiger partial charge in [-0.3, -0.25) is 9.59 Å². The van der Waals surface area contributed by atoms with Crippen LogP contribution in [0.5, 0.6) is 0 Å². The van der Waals surface area contributed by atoms with Gasteiger partial charge in [0.1, 0.15) is 6.04 Å². The summed E-state index contributed by atoms with van der Waals surface area (Å²) in [5.74, 6) is -0.546. The van der Waals surface area contributed by atoms with Crippen molar-refractivity contribution in [3.8, 4) is 0 Å². The molecule has 0 radical (unpaired) electrons. The molecule has 8 heteroatoms. The number of carbonyl (C=O) groups is 2. The molecule has 1 fully saturated rings. The molecule has 1 aliphatic heterocycles. The normalized spacial score (nSPS) is 18.7. The van der Waals surface area contributed by atoms with E-state index in [-0.39, 0.29) is 22.2 Å². The van der Waals surface area contributed by atoms with Crippen LogP contribution in [0.2, 0.25) is 0 Å². The number of hydrogen-bond donors (Lipinski definition) is 2. The fraction of sp³-hybridized carbons (Fsp3) is 0.600. The molecule has 1 heterocycles. The molecule has 2 rings (SSSR count). The van der Waals surface area contributed by atoms with E-state index in [1.54, 1.807) is 0 Å². The van der Waals surface area contributed by atoms with Crippen molar-refractivity contribution in [2.75, 3.05) is 6.54 Å². The third-order valence-electron chi connectivity index (χ3n) is 4.22. The van der Waals surface area contributed by atoms with Crippen LogP contribution in [0.4, 0.5) is 0 Å². The first-order valence-electron chi connectivity index (χ1n) is 9.47. The van der Waals surface area contributed by atoms with Crippen LogP contribution in [0.3, 0.4) is 0 Å². The van der Waals surface area contributed by atoms with Crippen LogP contribution in [-0.2, 0) is 14.8 Å². The maximum absolute atomic E-state index is 13.1. The van der Waals surface area contributed by atoms with Gasteiger partial charge in [0.05, 0.1) is 4.90 Å². The average Bonchev–Trinajstić information content (AvgIpc) is 3.02. The summed E-state index contributed by atoms with van der Waals surface area (Å²) in [7, 11) is -3.83. The van der Waals surface area contributed by atoms with Crippen molar-refractivity contribution >= 4 is 21.8 Å². The number of nitrogens with zero attached hydrogens (tertiary/aromatic N) is 1. The number of amides is 2. The second-order valence-corrected chi connectivity index (χ2v) is 11.1. The maximum Gasteiger partial charge on any atom is 0.251 e. The molecule has 0 bridgehead atoms. The second-order valence-electron chi connectivity index (χ2n) is 9.24. The Morgan fingerprint density at radius 2 is 1.50 bits per heavy atom. The summed E-state index contributed by atoms with van der Waals surface area (Å²) in [5.41, 5.74) is -0.431. The van der Waals surface area contributed by atoms with Gasteiger partial charge >= 0.3 is 0 Å². The van der Waals surface area contributed by atoms with Crippen molar-refractivity contribution in [3.63, 3.8) is 0 Å². The van der Waals surface area contributed by atoms with Crippen LogP contribution in [0.1, 0.15) is 64.7 Å². The van der Waals surface area contributed by atoms with Gasteiger partial charge in [-0.2, -0.15) is 4.31 Å². The SMILES string of the molecule is CC(C)(C)NC(=O)c1ccc(S(=O)(=O)N2CCC[C@@H]2C(=O)NC(C)(C)C)cc1. The van der Waals surface area contributed by atoms with E-state index in [1.807, 2.05) is 41.5 Å². The summed E-state index contributed by atoms with van der Waals surface area (Å²) < 4.78 is 27.4. The van der Waals surface area contributed by atoms with E-state index in [2.05, 4.69) is 10.6 Å². The summed E-state index contributed by atoms with van der Waals surface area (Å²) in [6.07, 6.45) is 1.13. The highest BCUT2D eigenvalue weighted by Crippen LogP contribution is 2.27. The van der Waals surface area contributed by atoms with Crippen molar-refractivity contribution < 1.29 is 18.0 Å². The smallest absolute Gasteiger partial charge is 0.251 e. The van der Waals surface area contributed by atoms with E-state index < -0.39 is 21.6 Å². The molecule has 2 N–H and O–H groups in total. The Kier molecular flexibility index (Phi) is 6.25. The summed E-state index contributed by atoms with van der Waals surface area (Å²) >= 11 is 0. The van der Waals surface area contributed by atoms with E-state index >= 15 is 0 Å². The average molecular weight is 410 g/mol. The number of rotatable bonds is 4. The Morgan fingerprint density at radius 1 is 0.964 bits per heavy atom. The lowest BCUT2D eigenvalue weighted by Gasteiger charge is -2.28. The summed E-state index contributed by atoms with van der Waals surface area (Å²) in [6, 6.07) is 5.12. The van der Waals surface area contributed by atoms with Crippen LogP contribution in [-0.4, -0.2) is 48.2 Å². The van der Waals surface area contributed by atoms with Gasteiger partial charge in [0.2, 0.25) is 15.9 Å². The Labute approximate surface area is 167 Å². The van der Waals surface area contributed by atoms with Crippen LogP contribution in [0.15, 0.2) is 29.2 Å². The highest BCUT2D eigenvalue weighted by atomic mass is 32.2. The molecule has 1 aromatic carbocycles. The molecule has 0 unspecified atom stereocenters. The quantitative estimate of drug-likeness (QED) is 0.797. The number of nitrogens with one attached hydrogen (secondary N) is 2. The van der Waals surface area contributed by atoms with Gasteiger partial charge in [-0.25, -0.2) is 8.42 Å². The molecule has 7 nitrogen and oxygen atoms in total. The lowest BCUT2D eigenvalue weighted by atomic mass is 10.1. The van der Waals surface area contributed by atoms with Crippen molar-refractivity contribution in [2.24, 2.45) is 0 Å². The second kappa shape index (κ2) is 7.83. The zero-order valence-electron chi connectivity index (χ0n) is 17.5. The lowest BCUT2D eigenvalue weighted by Crippen LogP contribution is -2.51. The van der Waals surface area contributed by atoms with Crippen LogP contribution < -0.4 is 10.6 Å². The van der Waals surface area contributed by atoms with Gasteiger partial charge in [-0.1, -0.05) is 0 Å². The van der Waals surface area contributed by atoms with Gasteiger partial charge in [-0.05, 0) is 78.6 Å². The van der Waals surface area contributed by atoms with Gasteiger partial charge in [0.15, 0.2) is 0 Å². The predicted molar refractivity (Wildman–Crippen MR) is 108 cm³/mol.